The van der Waals surface area contributed by atoms with Crippen LogP contribution in [0.25, 0.3) is 0 Å². The fraction of sp³-hybridized carbons (Fsp3) is 0.381. The molecule has 0 aromatic heterocycles. The van der Waals surface area contributed by atoms with Gasteiger partial charge in [0.1, 0.15) is 6.54 Å². The average Bonchev–Trinajstić information content (AvgIpc) is 2.69. The summed E-state index contributed by atoms with van der Waals surface area (Å²) in [5.41, 5.74) is 2.11. The minimum absolute atomic E-state index is 0.291. The lowest BCUT2D eigenvalue weighted by Crippen LogP contribution is -2.41. The maximum atomic E-state index is 12.7. The molecule has 7 nitrogen and oxygen atoms in total. The van der Waals surface area contributed by atoms with Crippen molar-refractivity contribution in [2.75, 3.05) is 31.3 Å². The number of amides is 1. The molecule has 1 atom stereocenters. The van der Waals surface area contributed by atoms with Gasteiger partial charge in [0.05, 0.1) is 32.2 Å². The normalized spacial score (nSPS) is 12.2. The highest BCUT2D eigenvalue weighted by atomic mass is 32.2. The molecule has 0 bridgehead atoms. The third-order valence-electron chi connectivity index (χ3n) is 4.63. The second-order valence-corrected chi connectivity index (χ2v) is 8.61. The van der Waals surface area contributed by atoms with E-state index in [1.165, 1.54) is 0 Å². The molecular formula is C21H28N2O5S. The van der Waals surface area contributed by atoms with Crippen molar-refractivity contribution in [2.45, 2.75) is 26.3 Å². The number of sulfonamides is 1. The van der Waals surface area contributed by atoms with Gasteiger partial charge >= 0.3 is 0 Å². The molecule has 0 aliphatic heterocycles. The van der Waals surface area contributed by atoms with E-state index in [4.69, 9.17) is 9.47 Å². The molecule has 2 aromatic rings. The highest BCUT2D eigenvalue weighted by molar-refractivity contribution is 7.92. The summed E-state index contributed by atoms with van der Waals surface area (Å²) in [4.78, 5) is 12.7. The van der Waals surface area contributed by atoms with E-state index in [9.17, 15) is 13.2 Å². The van der Waals surface area contributed by atoms with Crippen LogP contribution < -0.4 is 19.1 Å². The van der Waals surface area contributed by atoms with E-state index in [-0.39, 0.29) is 18.5 Å². The Labute approximate surface area is 172 Å². The Balaban J connectivity index is 2.23. The molecule has 0 aliphatic rings. The zero-order valence-corrected chi connectivity index (χ0v) is 18.2. The summed E-state index contributed by atoms with van der Waals surface area (Å²) in [5, 5.41) is 2.92. The summed E-state index contributed by atoms with van der Waals surface area (Å²) in [6.45, 7) is 3.45. The topological polar surface area (TPSA) is 84.9 Å². The van der Waals surface area contributed by atoms with Gasteiger partial charge in [-0.1, -0.05) is 31.2 Å². The monoisotopic (exact) mass is 420 g/mol. The summed E-state index contributed by atoms with van der Waals surface area (Å²) < 4.78 is 36.3. The second kappa shape index (κ2) is 9.65. The molecule has 1 amide bonds. The highest BCUT2D eigenvalue weighted by Gasteiger charge is 2.24. The van der Waals surface area contributed by atoms with Crippen molar-refractivity contribution in [1.82, 2.24) is 5.32 Å². The Bertz CT molecular complexity index is 959. The lowest BCUT2D eigenvalue weighted by molar-refractivity contribution is -0.120. The molecule has 0 heterocycles. The van der Waals surface area contributed by atoms with Gasteiger partial charge in [0.25, 0.3) is 0 Å². The molecule has 2 rings (SSSR count). The van der Waals surface area contributed by atoms with Crippen molar-refractivity contribution in [2.24, 2.45) is 0 Å². The van der Waals surface area contributed by atoms with E-state index in [1.54, 1.807) is 32.4 Å². The van der Waals surface area contributed by atoms with Gasteiger partial charge in [0.2, 0.25) is 15.9 Å². The molecule has 0 saturated carbocycles. The predicted molar refractivity (Wildman–Crippen MR) is 114 cm³/mol. The summed E-state index contributed by atoms with van der Waals surface area (Å²) in [7, 11) is -0.520. The van der Waals surface area contributed by atoms with E-state index in [0.717, 1.165) is 21.7 Å². The predicted octanol–water partition coefficient (Wildman–Crippen LogP) is 3.05. The van der Waals surface area contributed by atoms with Crippen LogP contribution in [-0.2, 0) is 14.8 Å². The number of rotatable bonds is 9. The SMILES string of the molecule is CCC(NC(=O)CN(c1ccccc1C)S(C)(=O)=O)c1ccc(OC)c(OC)c1. The largest absolute Gasteiger partial charge is 0.493 e. The Morgan fingerprint density at radius 2 is 1.76 bits per heavy atom. The lowest BCUT2D eigenvalue weighted by atomic mass is 10.0. The van der Waals surface area contributed by atoms with Crippen molar-refractivity contribution in [3.63, 3.8) is 0 Å². The maximum Gasteiger partial charge on any atom is 0.241 e. The number of hydrogen-bond donors (Lipinski definition) is 1. The van der Waals surface area contributed by atoms with Gasteiger partial charge in [-0.25, -0.2) is 8.42 Å². The second-order valence-electron chi connectivity index (χ2n) is 6.70. The van der Waals surface area contributed by atoms with Crippen LogP contribution in [0, 0.1) is 6.92 Å². The molecule has 8 heteroatoms. The molecule has 0 fully saturated rings. The summed E-state index contributed by atoms with van der Waals surface area (Å²) in [5.74, 6) is 0.774. The van der Waals surface area contributed by atoms with Crippen LogP contribution in [0.2, 0.25) is 0 Å². The molecule has 0 saturated heterocycles. The van der Waals surface area contributed by atoms with E-state index in [0.29, 0.717) is 23.6 Å². The van der Waals surface area contributed by atoms with Gasteiger partial charge in [-0.15, -0.1) is 0 Å². The van der Waals surface area contributed by atoms with Crippen LogP contribution >= 0.6 is 0 Å². The number of carbonyl (C=O) groups excluding carboxylic acids is 1. The van der Waals surface area contributed by atoms with Gasteiger partial charge in [0, 0.05) is 0 Å². The van der Waals surface area contributed by atoms with Crippen molar-refractivity contribution in [3.05, 3.63) is 53.6 Å². The average molecular weight is 421 g/mol. The minimum atomic E-state index is -3.63. The molecule has 0 aliphatic carbocycles. The molecule has 158 valence electrons. The first-order chi connectivity index (χ1) is 13.7. The Hall–Kier alpha value is -2.74. The quantitative estimate of drug-likeness (QED) is 0.674. The smallest absolute Gasteiger partial charge is 0.241 e. The van der Waals surface area contributed by atoms with Crippen molar-refractivity contribution < 1.29 is 22.7 Å². The molecule has 1 N–H and O–H groups in total. The van der Waals surface area contributed by atoms with Crippen molar-refractivity contribution >= 4 is 21.6 Å². The van der Waals surface area contributed by atoms with Crippen LogP contribution in [0.5, 0.6) is 11.5 Å². The minimum Gasteiger partial charge on any atom is -0.493 e. The van der Waals surface area contributed by atoms with Gasteiger partial charge in [-0.05, 0) is 42.7 Å². The molecule has 2 aromatic carbocycles. The highest BCUT2D eigenvalue weighted by Crippen LogP contribution is 2.31. The third-order valence-corrected chi connectivity index (χ3v) is 5.75. The number of hydrogen-bond acceptors (Lipinski definition) is 5. The first kappa shape index (κ1) is 22.5. The van der Waals surface area contributed by atoms with Crippen LogP contribution in [0.15, 0.2) is 42.5 Å². The Kier molecular flexibility index (Phi) is 7.50. The maximum absolute atomic E-state index is 12.7. The molecule has 0 spiro atoms. The van der Waals surface area contributed by atoms with Crippen molar-refractivity contribution in [1.29, 1.82) is 0 Å². The summed E-state index contributed by atoms with van der Waals surface area (Å²) in [6.07, 6.45) is 1.73. The van der Waals surface area contributed by atoms with Gasteiger partial charge < -0.3 is 14.8 Å². The first-order valence-corrected chi connectivity index (χ1v) is 11.1. The van der Waals surface area contributed by atoms with Crippen LogP contribution in [0.1, 0.15) is 30.5 Å². The number of aryl methyl sites for hydroxylation is 1. The number of carbonyl (C=O) groups is 1. The Morgan fingerprint density at radius 1 is 1.10 bits per heavy atom. The van der Waals surface area contributed by atoms with Crippen LogP contribution in [0.3, 0.4) is 0 Å². The van der Waals surface area contributed by atoms with Crippen molar-refractivity contribution in [3.8, 4) is 11.5 Å². The van der Waals surface area contributed by atoms with Gasteiger partial charge in [-0.3, -0.25) is 9.10 Å². The Morgan fingerprint density at radius 3 is 2.31 bits per heavy atom. The standard InChI is InChI=1S/C21H28N2O5S/c1-6-17(16-11-12-19(27-3)20(13-16)28-4)22-21(24)14-23(29(5,25)26)18-10-8-7-9-15(18)2/h7-13,17H,6,14H2,1-5H3,(H,22,24). The van der Waals surface area contributed by atoms with Crippen LogP contribution in [-0.4, -0.2) is 41.3 Å². The molecule has 1 unspecified atom stereocenters. The van der Waals surface area contributed by atoms with Gasteiger partial charge in [0.15, 0.2) is 11.5 Å². The zero-order valence-electron chi connectivity index (χ0n) is 17.4. The van der Waals surface area contributed by atoms with E-state index >= 15 is 0 Å². The van der Waals surface area contributed by atoms with Gasteiger partial charge in [-0.2, -0.15) is 0 Å². The number of nitrogens with zero attached hydrogens (tertiary/aromatic N) is 1. The fourth-order valence-electron chi connectivity index (χ4n) is 3.09. The molecular weight excluding hydrogens is 392 g/mol. The van der Waals surface area contributed by atoms with E-state index < -0.39 is 10.0 Å². The number of methoxy groups -OCH3 is 2. The fourth-order valence-corrected chi connectivity index (χ4v) is 4.00. The molecule has 0 radical (unpaired) electrons. The summed E-state index contributed by atoms with van der Waals surface area (Å²) in [6, 6.07) is 12.2. The van der Waals surface area contributed by atoms with Crippen LogP contribution in [0.4, 0.5) is 5.69 Å². The third kappa shape index (κ3) is 5.63. The first-order valence-electron chi connectivity index (χ1n) is 9.25. The lowest BCUT2D eigenvalue weighted by Gasteiger charge is -2.25. The number of anilines is 1. The number of para-hydroxylation sites is 1. The number of nitrogens with one attached hydrogen (secondary N) is 1. The zero-order chi connectivity index (χ0) is 21.6. The number of ether oxygens (including phenoxy) is 2. The molecule has 29 heavy (non-hydrogen) atoms. The summed E-state index contributed by atoms with van der Waals surface area (Å²) >= 11 is 0. The number of benzene rings is 2. The van der Waals surface area contributed by atoms with E-state index in [1.807, 2.05) is 38.1 Å². The van der Waals surface area contributed by atoms with E-state index in [2.05, 4.69) is 5.32 Å².